The second-order valence-corrected chi connectivity index (χ2v) is 5.50. The topological polar surface area (TPSA) is 22.4 Å². The van der Waals surface area contributed by atoms with Crippen molar-refractivity contribution in [3.05, 3.63) is 53.6 Å². The van der Waals surface area contributed by atoms with Gasteiger partial charge in [-0.15, -0.1) is 0 Å². The van der Waals surface area contributed by atoms with Crippen molar-refractivity contribution in [1.82, 2.24) is 0 Å². The Balaban J connectivity index is 2.11. The first-order valence-electron chi connectivity index (χ1n) is 6.93. The summed E-state index contributed by atoms with van der Waals surface area (Å²) < 4.78 is 38.5. The molecule has 0 aliphatic rings. The van der Waals surface area contributed by atoms with E-state index in [9.17, 15) is 8.78 Å². The van der Waals surface area contributed by atoms with Crippen LogP contribution in [0.25, 0.3) is 22.1 Å². The molecule has 3 rings (SSSR count). The summed E-state index contributed by atoms with van der Waals surface area (Å²) in [4.78, 5) is 0. The number of hydrogen-bond acceptors (Lipinski definition) is 2. The minimum absolute atomic E-state index is 0.129. The Labute approximate surface area is 140 Å². The van der Waals surface area contributed by atoms with Crippen molar-refractivity contribution in [2.45, 2.75) is 19.8 Å². The Hall–Kier alpha value is -1.63. The fraction of sp³-hybridized carbons (Fsp3) is 0.176. The van der Waals surface area contributed by atoms with Crippen molar-refractivity contribution in [1.29, 1.82) is 0 Å². The number of benzene rings is 2. The van der Waals surface area contributed by atoms with Gasteiger partial charge in [0.1, 0.15) is 0 Å². The standard InChI is InChI=1S/C17H13F2IO2/c1-2-3-10-4-6-11(7-5-10)13-8-12-9-14(22-20)21-17(12)16(19)15(13)18/h4-9H,2-3H2,1H3. The second kappa shape index (κ2) is 6.24. The molecule has 0 aliphatic carbocycles. The van der Waals surface area contributed by atoms with E-state index < -0.39 is 11.6 Å². The molecule has 1 heterocycles. The molecule has 0 saturated heterocycles. The molecule has 2 nitrogen and oxygen atoms in total. The molecule has 5 heteroatoms. The van der Waals surface area contributed by atoms with Gasteiger partial charge in [-0.2, -0.15) is 4.39 Å². The van der Waals surface area contributed by atoms with Crippen LogP contribution < -0.4 is 3.07 Å². The van der Waals surface area contributed by atoms with Crippen LogP contribution >= 0.6 is 23.0 Å². The predicted molar refractivity (Wildman–Crippen MR) is 90.2 cm³/mol. The van der Waals surface area contributed by atoms with Gasteiger partial charge in [0.25, 0.3) is 5.95 Å². The van der Waals surface area contributed by atoms with Crippen molar-refractivity contribution in [2.24, 2.45) is 0 Å². The Kier molecular flexibility index (Phi) is 4.33. The summed E-state index contributed by atoms with van der Waals surface area (Å²) in [6.07, 6.45) is 2.01. The van der Waals surface area contributed by atoms with Crippen LogP contribution in [-0.2, 0) is 6.42 Å². The van der Waals surface area contributed by atoms with Crippen LogP contribution in [0.3, 0.4) is 0 Å². The normalized spacial score (nSPS) is 11.1. The Morgan fingerprint density at radius 1 is 1.09 bits per heavy atom. The van der Waals surface area contributed by atoms with Gasteiger partial charge < -0.3 is 7.48 Å². The Morgan fingerprint density at radius 2 is 1.82 bits per heavy atom. The highest BCUT2D eigenvalue weighted by atomic mass is 127. The van der Waals surface area contributed by atoms with Gasteiger partial charge in [-0.25, -0.2) is 4.39 Å². The summed E-state index contributed by atoms with van der Waals surface area (Å²) in [6.45, 7) is 2.10. The number of aryl methyl sites for hydroxylation is 1. The molecule has 0 unspecified atom stereocenters. The third kappa shape index (κ3) is 2.69. The molecule has 1 aromatic heterocycles. The zero-order valence-electron chi connectivity index (χ0n) is 11.8. The third-order valence-corrected chi connectivity index (χ3v) is 3.98. The fourth-order valence-corrected chi connectivity index (χ4v) is 2.70. The van der Waals surface area contributed by atoms with E-state index in [4.69, 9.17) is 7.48 Å². The molecule has 0 fully saturated rings. The van der Waals surface area contributed by atoms with Gasteiger partial charge in [0.2, 0.25) is 5.82 Å². The quantitative estimate of drug-likeness (QED) is 0.485. The molecule has 3 aromatic rings. The van der Waals surface area contributed by atoms with E-state index in [0.29, 0.717) is 10.9 Å². The number of rotatable bonds is 4. The van der Waals surface area contributed by atoms with Crippen molar-refractivity contribution >= 4 is 34.0 Å². The molecule has 0 bridgehead atoms. The molecule has 0 N–H and O–H groups in total. The molecule has 0 atom stereocenters. The molecular formula is C17H13F2IO2. The number of halogens is 3. The number of hydrogen-bond donors (Lipinski definition) is 0. The second-order valence-electron chi connectivity index (χ2n) is 5.06. The van der Waals surface area contributed by atoms with E-state index >= 15 is 0 Å². The maximum absolute atomic E-state index is 14.3. The Bertz CT molecular complexity index is 810. The molecular weight excluding hydrogens is 401 g/mol. The minimum Gasteiger partial charge on any atom is -0.422 e. The fourth-order valence-electron chi connectivity index (χ4n) is 2.48. The third-order valence-electron chi connectivity index (χ3n) is 3.55. The van der Waals surface area contributed by atoms with Gasteiger partial charge in [0.15, 0.2) is 34.4 Å². The number of fused-ring (bicyclic) bond motifs is 1. The van der Waals surface area contributed by atoms with Crippen molar-refractivity contribution < 1.29 is 16.3 Å². The molecule has 114 valence electrons. The monoisotopic (exact) mass is 414 g/mol. The predicted octanol–water partition coefficient (Wildman–Crippen LogP) is 6.06. The highest BCUT2D eigenvalue weighted by molar-refractivity contribution is 14.1. The van der Waals surface area contributed by atoms with Gasteiger partial charge in [-0.1, -0.05) is 37.6 Å². The van der Waals surface area contributed by atoms with Crippen molar-refractivity contribution in [3.8, 4) is 17.1 Å². The van der Waals surface area contributed by atoms with Gasteiger partial charge in [-0.05, 0) is 23.6 Å². The molecule has 0 amide bonds. The van der Waals surface area contributed by atoms with Crippen molar-refractivity contribution in [2.75, 3.05) is 0 Å². The SMILES string of the molecule is CCCc1ccc(-c2cc3cc(OI)oc3c(F)c2F)cc1. The summed E-state index contributed by atoms with van der Waals surface area (Å²) in [5, 5.41) is 0.471. The zero-order valence-corrected chi connectivity index (χ0v) is 14.0. The maximum atomic E-state index is 14.3. The lowest BCUT2D eigenvalue weighted by Crippen LogP contribution is -1.91. The molecule has 2 aromatic carbocycles. The van der Waals surface area contributed by atoms with Gasteiger partial charge in [0.05, 0.1) is 0 Å². The first-order valence-corrected chi connectivity index (χ1v) is 7.81. The highest BCUT2D eigenvalue weighted by Crippen LogP contribution is 2.35. The smallest absolute Gasteiger partial charge is 0.295 e. The summed E-state index contributed by atoms with van der Waals surface area (Å²) >= 11 is 1.63. The molecule has 0 aliphatic heterocycles. The van der Waals surface area contributed by atoms with E-state index in [1.165, 1.54) is 5.56 Å². The van der Waals surface area contributed by atoms with E-state index in [2.05, 4.69) is 6.92 Å². The van der Waals surface area contributed by atoms with Gasteiger partial charge in [-0.3, -0.25) is 0 Å². The largest absolute Gasteiger partial charge is 0.422 e. The minimum atomic E-state index is -0.996. The van der Waals surface area contributed by atoms with Crippen LogP contribution in [0.4, 0.5) is 8.78 Å². The summed E-state index contributed by atoms with van der Waals surface area (Å²) in [7, 11) is 0. The lowest BCUT2D eigenvalue weighted by atomic mass is 10.0. The van der Waals surface area contributed by atoms with E-state index in [-0.39, 0.29) is 17.1 Å². The highest BCUT2D eigenvalue weighted by Gasteiger charge is 2.19. The molecule has 0 spiro atoms. The van der Waals surface area contributed by atoms with Gasteiger partial charge >= 0.3 is 0 Å². The summed E-state index contributed by atoms with van der Waals surface area (Å²) in [5.74, 6) is -1.76. The van der Waals surface area contributed by atoms with Crippen LogP contribution in [0.2, 0.25) is 0 Å². The van der Waals surface area contributed by atoms with E-state index in [0.717, 1.165) is 12.8 Å². The maximum Gasteiger partial charge on any atom is 0.295 e. The van der Waals surface area contributed by atoms with Crippen LogP contribution in [0.15, 0.2) is 40.8 Å². The zero-order chi connectivity index (χ0) is 15.7. The van der Waals surface area contributed by atoms with Crippen LogP contribution in [0.1, 0.15) is 18.9 Å². The molecule has 0 radical (unpaired) electrons. The number of furan rings is 1. The van der Waals surface area contributed by atoms with Crippen molar-refractivity contribution in [3.63, 3.8) is 0 Å². The van der Waals surface area contributed by atoms with E-state index in [1.54, 1.807) is 35.1 Å². The average Bonchev–Trinajstić information content (AvgIpc) is 2.95. The lowest BCUT2D eigenvalue weighted by Gasteiger charge is -2.06. The molecule has 22 heavy (non-hydrogen) atoms. The van der Waals surface area contributed by atoms with Crippen LogP contribution in [0, 0.1) is 11.6 Å². The van der Waals surface area contributed by atoms with Crippen LogP contribution in [-0.4, -0.2) is 0 Å². The van der Waals surface area contributed by atoms with Gasteiger partial charge in [0, 0.05) is 17.0 Å². The van der Waals surface area contributed by atoms with Crippen LogP contribution in [0.5, 0.6) is 5.95 Å². The average molecular weight is 414 g/mol. The first-order chi connectivity index (χ1) is 10.6. The first kappa shape index (κ1) is 15.3. The Morgan fingerprint density at radius 3 is 2.45 bits per heavy atom. The summed E-state index contributed by atoms with van der Waals surface area (Å²) in [5.41, 5.74) is 1.90. The van der Waals surface area contributed by atoms with E-state index in [1.807, 2.05) is 24.3 Å². The summed E-state index contributed by atoms with van der Waals surface area (Å²) in [6, 6.07) is 10.6. The lowest BCUT2D eigenvalue weighted by molar-refractivity contribution is 0.447. The molecule has 0 saturated carbocycles.